The Bertz CT molecular complexity index is 434. The number of likely N-dealkylation sites (tertiary alicyclic amines) is 1. The highest BCUT2D eigenvalue weighted by Gasteiger charge is 2.14. The average Bonchev–Trinajstić information content (AvgIpc) is 2.45. The van der Waals surface area contributed by atoms with Gasteiger partial charge in [0, 0.05) is 25.3 Å². The van der Waals surface area contributed by atoms with E-state index in [4.69, 9.17) is 10.5 Å². The molecule has 1 fully saturated rings. The number of piperidine rings is 1. The van der Waals surface area contributed by atoms with Crippen LogP contribution in [0.4, 0.5) is 11.6 Å². The van der Waals surface area contributed by atoms with Crippen molar-refractivity contribution >= 4 is 11.6 Å². The minimum absolute atomic E-state index is 0.331. The summed E-state index contributed by atoms with van der Waals surface area (Å²) in [6, 6.07) is 2.11. The smallest absolute Gasteiger partial charge is 0.158 e. The van der Waals surface area contributed by atoms with E-state index in [1.54, 1.807) is 6.07 Å². The number of rotatable bonds is 7. The molecule has 0 aromatic carbocycles. The molecule has 21 heavy (non-hydrogen) atoms. The Morgan fingerprint density at radius 2 is 2.10 bits per heavy atom. The minimum atomic E-state index is 0.331. The molecule has 3 N–H and O–H groups in total. The first-order valence-electron chi connectivity index (χ1n) is 7.87. The Balaban J connectivity index is 1.89. The van der Waals surface area contributed by atoms with Crippen LogP contribution < -0.4 is 11.1 Å². The van der Waals surface area contributed by atoms with Crippen LogP contribution in [-0.4, -0.2) is 47.2 Å². The van der Waals surface area contributed by atoms with Gasteiger partial charge in [-0.3, -0.25) is 0 Å². The Kier molecular flexibility index (Phi) is 6.20. The highest BCUT2D eigenvalue weighted by molar-refractivity contribution is 5.45. The molecule has 1 atom stereocenters. The van der Waals surface area contributed by atoms with Crippen LogP contribution in [0.15, 0.2) is 6.07 Å². The fourth-order valence-electron chi connectivity index (χ4n) is 2.68. The molecule has 0 bridgehead atoms. The molecule has 6 heteroatoms. The number of nitrogens with one attached hydrogen (secondary N) is 1. The predicted molar refractivity (Wildman–Crippen MR) is 85.2 cm³/mol. The number of ether oxygens (including phenoxy) is 1. The van der Waals surface area contributed by atoms with E-state index in [-0.39, 0.29) is 0 Å². The molecule has 0 radical (unpaired) electrons. The van der Waals surface area contributed by atoms with Crippen molar-refractivity contribution in [3.63, 3.8) is 0 Å². The molecule has 2 heterocycles. The Morgan fingerprint density at radius 1 is 1.33 bits per heavy atom. The second kappa shape index (κ2) is 8.14. The van der Waals surface area contributed by atoms with Crippen molar-refractivity contribution in [3.8, 4) is 0 Å². The van der Waals surface area contributed by atoms with Gasteiger partial charge in [0.1, 0.15) is 18.2 Å². The van der Waals surface area contributed by atoms with Crippen molar-refractivity contribution in [1.82, 2.24) is 14.9 Å². The Morgan fingerprint density at radius 3 is 2.81 bits per heavy atom. The van der Waals surface area contributed by atoms with Crippen molar-refractivity contribution in [2.45, 2.75) is 45.8 Å². The van der Waals surface area contributed by atoms with E-state index in [1.165, 1.54) is 32.4 Å². The van der Waals surface area contributed by atoms with Crippen LogP contribution in [-0.2, 0) is 11.3 Å². The zero-order valence-corrected chi connectivity index (χ0v) is 13.1. The number of nitrogens with zero attached hydrogens (tertiary/aromatic N) is 3. The van der Waals surface area contributed by atoms with Gasteiger partial charge >= 0.3 is 0 Å². The van der Waals surface area contributed by atoms with Gasteiger partial charge in [-0.1, -0.05) is 6.42 Å². The molecular formula is C15H27N5O. The summed E-state index contributed by atoms with van der Waals surface area (Å²) >= 11 is 0. The van der Waals surface area contributed by atoms with Crippen LogP contribution in [0, 0.1) is 0 Å². The lowest BCUT2D eigenvalue weighted by Crippen LogP contribution is -2.38. The van der Waals surface area contributed by atoms with Crippen LogP contribution in [0.2, 0.25) is 0 Å². The van der Waals surface area contributed by atoms with Gasteiger partial charge in [-0.15, -0.1) is 0 Å². The first-order chi connectivity index (χ1) is 10.2. The van der Waals surface area contributed by atoms with Gasteiger partial charge in [-0.2, -0.15) is 0 Å². The SMILES string of the molecule is CCOCc1nc(N)cc(NC(C)CN2CCCCC2)n1. The van der Waals surface area contributed by atoms with E-state index in [0.29, 0.717) is 30.9 Å². The Labute approximate surface area is 127 Å². The standard InChI is InChI=1S/C15H27N5O/c1-3-21-11-15-18-13(16)9-14(19-15)17-12(2)10-20-7-5-4-6-8-20/h9,12H,3-8,10-11H2,1-2H3,(H3,16,17,18,19). The first kappa shape index (κ1) is 16.0. The fraction of sp³-hybridized carbons (Fsp3) is 0.733. The Hall–Kier alpha value is -1.40. The fourth-order valence-corrected chi connectivity index (χ4v) is 2.68. The lowest BCUT2D eigenvalue weighted by atomic mass is 10.1. The molecule has 1 saturated heterocycles. The number of aromatic nitrogens is 2. The van der Waals surface area contributed by atoms with Crippen LogP contribution in [0.1, 0.15) is 38.9 Å². The maximum absolute atomic E-state index is 5.83. The lowest BCUT2D eigenvalue weighted by molar-refractivity contribution is 0.128. The summed E-state index contributed by atoms with van der Waals surface area (Å²) in [6.07, 6.45) is 3.99. The van der Waals surface area contributed by atoms with Crippen molar-refractivity contribution < 1.29 is 4.74 Å². The highest BCUT2D eigenvalue weighted by Crippen LogP contribution is 2.13. The summed E-state index contributed by atoms with van der Waals surface area (Å²) in [4.78, 5) is 11.2. The third-order valence-corrected chi connectivity index (χ3v) is 3.60. The monoisotopic (exact) mass is 293 g/mol. The molecule has 1 aromatic heterocycles. The van der Waals surface area contributed by atoms with Crippen LogP contribution in [0.5, 0.6) is 0 Å². The molecule has 1 aliphatic heterocycles. The van der Waals surface area contributed by atoms with Crippen molar-refractivity contribution in [1.29, 1.82) is 0 Å². The van der Waals surface area contributed by atoms with E-state index >= 15 is 0 Å². The van der Waals surface area contributed by atoms with Crippen molar-refractivity contribution in [2.75, 3.05) is 37.3 Å². The van der Waals surface area contributed by atoms with Crippen molar-refractivity contribution in [3.05, 3.63) is 11.9 Å². The minimum Gasteiger partial charge on any atom is -0.384 e. The van der Waals surface area contributed by atoms with Crippen LogP contribution in [0.25, 0.3) is 0 Å². The summed E-state index contributed by atoms with van der Waals surface area (Å²) in [6.45, 7) is 8.61. The highest BCUT2D eigenvalue weighted by atomic mass is 16.5. The largest absolute Gasteiger partial charge is 0.384 e. The second-order valence-electron chi connectivity index (χ2n) is 5.64. The number of nitrogens with two attached hydrogens (primary N) is 1. The molecule has 0 spiro atoms. The molecule has 0 amide bonds. The molecule has 1 unspecified atom stereocenters. The van der Waals surface area contributed by atoms with Gasteiger partial charge < -0.3 is 20.7 Å². The third-order valence-electron chi connectivity index (χ3n) is 3.60. The third kappa shape index (κ3) is 5.47. The molecule has 2 rings (SSSR count). The maximum Gasteiger partial charge on any atom is 0.158 e. The van der Waals surface area contributed by atoms with Gasteiger partial charge in [-0.25, -0.2) is 9.97 Å². The predicted octanol–water partition coefficient (Wildman–Crippen LogP) is 1.88. The van der Waals surface area contributed by atoms with E-state index in [0.717, 1.165) is 12.4 Å². The molecule has 1 aromatic rings. The number of nitrogen functional groups attached to an aromatic ring is 1. The number of anilines is 2. The van der Waals surface area contributed by atoms with E-state index in [2.05, 4.69) is 27.1 Å². The van der Waals surface area contributed by atoms with Gasteiger partial charge in [0.15, 0.2) is 5.82 Å². The number of hydrogen-bond donors (Lipinski definition) is 2. The average molecular weight is 293 g/mol. The normalized spacial score (nSPS) is 17.6. The van der Waals surface area contributed by atoms with Crippen LogP contribution in [0.3, 0.4) is 0 Å². The molecule has 6 nitrogen and oxygen atoms in total. The van der Waals surface area contributed by atoms with Gasteiger partial charge in [0.25, 0.3) is 0 Å². The molecular weight excluding hydrogens is 266 g/mol. The quantitative estimate of drug-likeness (QED) is 0.799. The lowest BCUT2D eigenvalue weighted by Gasteiger charge is -2.29. The summed E-state index contributed by atoms with van der Waals surface area (Å²) < 4.78 is 5.34. The van der Waals surface area contributed by atoms with Gasteiger partial charge in [0.2, 0.25) is 0 Å². The van der Waals surface area contributed by atoms with E-state index in [1.807, 2.05) is 6.92 Å². The zero-order valence-electron chi connectivity index (χ0n) is 13.1. The topological polar surface area (TPSA) is 76.3 Å². The van der Waals surface area contributed by atoms with Gasteiger partial charge in [-0.05, 0) is 39.8 Å². The summed E-state index contributed by atoms with van der Waals surface area (Å²) in [5.74, 6) is 1.89. The van der Waals surface area contributed by atoms with Gasteiger partial charge in [0.05, 0.1) is 0 Å². The summed E-state index contributed by atoms with van der Waals surface area (Å²) in [7, 11) is 0. The van der Waals surface area contributed by atoms with E-state index in [9.17, 15) is 0 Å². The molecule has 0 aliphatic carbocycles. The zero-order chi connectivity index (χ0) is 15.1. The number of hydrogen-bond acceptors (Lipinski definition) is 6. The summed E-state index contributed by atoms with van der Waals surface area (Å²) in [5.41, 5.74) is 5.83. The molecule has 1 aliphatic rings. The van der Waals surface area contributed by atoms with E-state index < -0.39 is 0 Å². The molecule has 0 saturated carbocycles. The maximum atomic E-state index is 5.83. The van der Waals surface area contributed by atoms with Crippen molar-refractivity contribution in [2.24, 2.45) is 0 Å². The molecule has 118 valence electrons. The van der Waals surface area contributed by atoms with Crippen LogP contribution >= 0.6 is 0 Å². The summed E-state index contributed by atoms with van der Waals surface area (Å²) in [5, 5.41) is 3.42. The second-order valence-corrected chi connectivity index (χ2v) is 5.64. The first-order valence-corrected chi connectivity index (χ1v) is 7.87.